The standard InChI is InChI=1S/C31H33N3O4S2/c35-30(20-38-27-9-5-2-6-10-27)32-31-34(28-21-40(36,37)22-29(28)39-31)26-13-11-25(12-14-26)33-17-15-24(16-18-33)19-23-7-3-1-4-8-23/h1-14,24,28-29H,15-22H2/t28-,29+/m1/s1. The van der Waals surface area contributed by atoms with E-state index in [1.807, 2.05) is 35.2 Å². The molecule has 1 amide bonds. The number of sulfone groups is 1. The van der Waals surface area contributed by atoms with Gasteiger partial charge in [-0.15, -0.1) is 0 Å². The normalized spacial score (nSPS) is 23.4. The molecule has 0 unspecified atom stereocenters. The smallest absolute Gasteiger partial charge is 0.285 e. The van der Waals surface area contributed by atoms with Gasteiger partial charge in [-0.05, 0) is 67.1 Å². The van der Waals surface area contributed by atoms with E-state index in [2.05, 4.69) is 52.4 Å². The second-order valence-electron chi connectivity index (χ2n) is 10.7. The number of carbonyl (C=O) groups excluding carboxylic acids is 1. The highest BCUT2D eigenvalue weighted by atomic mass is 32.2. The van der Waals surface area contributed by atoms with E-state index in [1.54, 1.807) is 12.1 Å². The highest BCUT2D eigenvalue weighted by Gasteiger charge is 2.49. The Bertz CT molecular complexity index is 1460. The lowest BCUT2D eigenvalue weighted by atomic mass is 9.90. The Labute approximate surface area is 240 Å². The van der Waals surface area contributed by atoms with E-state index < -0.39 is 15.7 Å². The molecular weight excluding hydrogens is 542 g/mol. The third-order valence-electron chi connectivity index (χ3n) is 7.87. The zero-order chi connectivity index (χ0) is 27.5. The summed E-state index contributed by atoms with van der Waals surface area (Å²) in [6, 6.07) is 27.9. The van der Waals surface area contributed by atoms with Crippen LogP contribution in [-0.2, 0) is 21.1 Å². The molecule has 3 aliphatic rings. The lowest BCUT2D eigenvalue weighted by Crippen LogP contribution is -2.38. The fourth-order valence-corrected chi connectivity index (χ4v) is 9.77. The minimum atomic E-state index is -3.13. The van der Waals surface area contributed by atoms with Crippen LogP contribution in [0.3, 0.4) is 0 Å². The molecule has 2 atom stereocenters. The summed E-state index contributed by atoms with van der Waals surface area (Å²) in [5.41, 5.74) is 3.43. The topological polar surface area (TPSA) is 79.3 Å². The van der Waals surface area contributed by atoms with Crippen LogP contribution in [0.15, 0.2) is 89.9 Å². The van der Waals surface area contributed by atoms with Gasteiger partial charge in [0.15, 0.2) is 21.6 Å². The fraction of sp³-hybridized carbons (Fsp3) is 0.355. The van der Waals surface area contributed by atoms with Crippen LogP contribution in [0.2, 0.25) is 0 Å². The van der Waals surface area contributed by atoms with Crippen molar-refractivity contribution in [3.05, 3.63) is 90.5 Å². The number of piperidine rings is 1. The van der Waals surface area contributed by atoms with Crippen LogP contribution >= 0.6 is 11.8 Å². The van der Waals surface area contributed by atoms with Crippen molar-refractivity contribution in [2.45, 2.75) is 30.6 Å². The average Bonchev–Trinajstić information content (AvgIpc) is 3.44. The van der Waals surface area contributed by atoms with Crippen molar-refractivity contribution in [2.24, 2.45) is 10.9 Å². The van der Waals surface area contributed by atoms with Crippen molar-refractivity contribution in [3.63, 3.8) is 0 Å². The highest BCUT2D eigenvalue weighted by molar-refractivity contribution is 8.16. The molecule has 0 N–H and O–H groups in total. The molecule has 3 heterocycles. The summed E-state index contributed by atoms with van der Waals surface area (Å²) in [6.07, 6.45) is 3.44. The van der Waals surface area contributed by atoms with Crippen molar-refractivity contribution < 1.29 is 17.9 Å². The molecule has 9 heteroatoms. The Kier molecular flexibility index (Phi) is 7.85. The molecule has 0 radical (unpaired) electrons. The van der Waals surface area contributed by atoms with Gasteiger partial charge in [0.05, 0.1) is 17.5 Å². The summed E-state index contributed by atoms with van der Waals surface area (Å²) in [5.74, 6) is 1.07. The van der Waals surface area contributed by atoms with Gasteiger partial charge in [0.2, 0.25) is 0 Å². The van der Waals surface area contributed by atoms with E-state index in [0.717, 1.165) is 43.7 Å². The predicted molar refractivity (Wildman–Crippen MR) is 162 cm³/mol. The third-order valence-corrected chi connectivity index (χ3v) is 11.1. The molecule has 208 valence electrons. The minimum absolute atomic E-state index is 0.0646. The lowest BCUT2D eigenvalue weighted by molar-refractivity contribution is -0.119. The number of anilines is 2. The van der Waals surface area contributed by atoms with Crippen molar-refractivity contribution in [1.82, 2.24) is 0 Å². The monoisotopic (exact) mass is 575 g/mol. The summed E-state index contributed by atoms with van der Waals surface area (Å²) in [6.45, 7) is 1.86. The van der Waals surface area contributed by atoms with E-state index in [1.165, 1.54) is 17.3 Å². The molecule has 3 aliphatic heterocycles. The van der Waals surface area contributed by atoms with Gasteiger partial charge in [-0.25, -0.2) is 8.42 Å². The first-order valence-electron chi connectivity index (χ1n) is 13.8. The van der Waals surface area contributed by atoms with Crippen LogP contribution in [-0.4, -0.2) is 62.0 Å². The minimum Gasteiger partial charge on any atom is -0.484 e. The quantitative estimate of drug-likeness (QED) is 0.400. The number of para-hydroxylation sites is 1. The van der Waals surface area contributed by atoms with Gasteiger partial charge in [-0.3, -0.25) is 4.79 Å². The van der Waals surface area contributed by atoms with Crippen molar-refractivity contribution in [3.8, 4) is 5.75 Å². The number of carbonyl (C=O) groups is 1. The van der Waals surface area contributed by atoms with Crippen LogP contribution < -0.4 is 14.5 Å². The second-order valence-corrected chi connectivity index (χ2v) is 14.1. The number of hydrogen-bond donors (Lipinski definition) is 0. The number of hydrogen-bond acceptors (Lipinski definition) is 6. The van der Waals surface area contributed by atoms with Gasteiger partial charge >= 0.3 is 0 Å². The number of ether oxygens (including phenoxy) is 1. The molecule has 0 bridgehead atoms. The second kappa shape index (κ2) is 11.7. The highest BCUT2D eigenvalue weighted by Crippen LogP contribution is 2.41. The van der Waals surface area contributed by atoms with Crippen molar-refractivity contribution >= 4 is 44.0 Å². The Morgan fingerprint density at radius 3 is 2.23 bits per heavy atom. The number of benzene rings is 3. The number of rotatable bonds is 7. The summed E-state index contributed by atoms with van der Waals surface area (Å²) in [5, 5.41) is 0.399. The number of amides is 1. The maximum atomic E-state index is 12.7. The van der Waals surface area contributed by atoms with Crippen LogP contribution in [0.1, 0.15) is 18.4 Å². The van der Waals surface area contributed by atoms with E-state index in [9.17, 15) is 13.2 Å². The van der Waals surface area contributed by atoms with Gasteiger partial charge in [0.25, 0.3) is 5.91 Å². The first-order chi connectivity index (χ1) is 19.4. The van der Waals surface area contributed by atoms with Crippen LogP contribution in [0.25, 0.3) is 0 Å². The number of nitrogens with zero attached hydrogens (tertiary/aromatic N) is 3. The molecule has 0 spiro atoms. The van der Waals surface area contributed by atoms with Crippen LogP contribution in [0.4, 0.5) is 11.4 Å². The number of fused-ring (bicyclic) bond motifs is 1. The lowest BCUT2D eigenvalue weighted by Gasteiger charge is -2.34. The molecule has 3 aromatic rings. The van der Waals surface area contributed by atoms with Gasteiger partial charge in [-0.2, -0.15) is 4.99 Å². The Hall–Kier alpha value is -3.30. The Morgan fingerprint density at radius 1 is 0.875 bits per heavy atom. The maximum absolute atomic E-state index is 12.7. The molecule has 0 aromatic heterocycles. The van der Waals surface area contributed by atoms with Crippen molar-refractivity contribution in [1.29, 1.82) is 0 Å². The molecule has 7 nitrogen and oxygen atoms in total. The Balaban J connectivity index is 1.14. The molecular formula is C31H33N3O4S2. The van der Waals surface area contributed by atoms with Gasteiger partial charge < -0.3 is 14.5 Å². The Morgan fingerprint density at radius 2 is 1.52 bits per heavy atom. The summed E-state index contributed by atoms with van der Waals surface area (Å²) in [7, 11) is -3.13. The number of thioether (sulfide) groups is 1. The molecule has 3 fully saturated rings. The van der Waals surface area contributed by atoms with E-state index in [4.69, 9.17) is 4.74 Å². The van der Waals surface area contributed by atoms with Crippen LogP contribution in [0, 0.1) is 5.92 Å². The molecule has 3 saturated heterocycles. The van der Waals surface area contributed by atoms with Gasteiger partial charge in [0.1, 0.15) is 5.75 Å². The largest absolute Gasteiger partial charge is 0.484 e. The van der Waals surface area contributed by atoms with Gasteiger partial charge in [0, 0.05) is 29.7 Å². The van der Waals surface area contributed by atoms with E-state index >= 15 is 0 Å². The molecule has 3 aromatic carbocycles. The summed E-state index contributed by atoms with van der Waals surface area (Å²) < 4.78 is 30.5. The molecule has 0 aliphatic carbocycles. The molecule has 40 heavy (non-hydrogen) atoms. The third kappa shape index (κ3) is 6.20. The first kappa shape index (κ1) is 26.9. The van der Waals surface area contributed by atoms with Crippen molar-refractivity contribution in [2.75, 3.05) is 41.0 Å². The maximum Gasteiger partial charge on any atom is 0.285 e. The first-order valence-corrected chi connectivity index (χ1v) is 16.5. The summed E-state index contributed by atoms with van der Waals surface area (Å²) >= 11 is 1.38. The zero-order valence-corrected chi connectivity index (χ0v) is 23.9. The van der Waals surface area contributed by atoms with Gasteiger partial charge in [-0.1, -0.05) is 60.3 Å². The fourth-order valence-electron chi connectivity index (χ4n) is 5.83. The predicted octanol–water partition coefficient (Wildman–Crippen LogP) is 4.83. The summed E-state index contributed by atoms with van der Waals surface area (Å²) in [4.78, 5) is 21.5. The SMILES string of the molecule is O=C(COc1ccccc1)N=C1S[C@H]2CS(=O)(=O)C[C@H]2N1c1ccc(N2CCC(Cc3ccccc3)CC2)cc1. The zero-order valence-electron chi connectivity index (χ0n) is 22.3. The van der Waals surface area contributed by atoms with Crippen LogP contribution in [0.5, 0.6) is 5.75 Å². The molecule has 0 saturated carbocycles. The average molecular weight is 576 g/mol. The number of amidine groups is 1. The van der Waals surface area contributed by atoms with E-state index in [0.29, 0.717) is 16.8 Å². The molecule has 6 rings (SSSR count). The number of aliphatic imine (C=N–C) groups is 1. The van der Waals surface area contributed by atoms with E-state index in [-0.39, 0.29) is 29.4 Å².